The van der Waals surface area contributed by atoms with Crippen molar-refractivity contribution in [2.45, 2.75) is 27.7 Å². The van der Waals surface area contributed by atoms with Gasteiger partial charge in [0.1, 0.15) is 5.75 Å². The molecule has 2 nitrogen and oxygen atoms in total. The number of alkyl halides is 1. The van der Waals surface area contributed by atoms with Gasteiger partial charge in [0.2, 0.25) is 0 Å². The minimum Gasteiger partial charge on any atom is -0.507 e. The smallest absolute Gasteiger partial charge is 0.177 e. The van der Waals surface area contributed by atoms with Gasteiger partial charge in [-0.05, 0) is 31.0 Å². The summed E-state index contributed by atoms with van der Waals surface area (Å²) < 4.78 is 0.875. The fourth-order valence-corrected chi connectivity index (χ4v) is 1.95. The first-order valence-electron chi connectivity index (χ1n) is 5.06. The van der Waals surface area contributed by atoms with Crippen LogP contribution in [-0.4, -0.2) is 16.2 Å². The van der Waals surface area contributed by atoms with Gasteiger partial charge in [-0.1, -0.05) is 45.7 Å². The van der Waals surface area contributed by atoms with Crippen molar-refractivity contribution in [3.05, 3.63) is 27.2 Å². The number of hydrogen-bond acceptors (Lipinski definition) is 2. The number of hydrogen-bond donors (Lipinski definition) is 1. The standard InChI is InChI=1S/C10H10Br2O2.C2H6/c1-5-3-7(13)9(8(14)4-11)6(2)10(5)12;1-2/h3,13H,4H2,1-2H3;1-2H3. The van der Waals surface area contributed by atoms with E-state index < -0.39 is 0 Å². The molecule has 0 aliphatic heterocycles. The van der Waals surface area contributed by atoms with E-state index in [4.69, 9.17) is 0 Å². The molecule has 0 heterocycles. The Morgan fingerprint density at radius 1 is 1.38 bits per heavy atom. The van der Waals surface area contributed by atoms with Crippen LogP contribution in [0.1, 0.15) is 35.3 Å². The molecule has 0 fully saturated rings. The highest BCUT2D eigenvalue weighted by molar-refractivity contribution is 9.10. The van der Waals surface area contributed by atoms with Gasteiger partial charge in [-0.15, -0.1) is 0 Å². The summed E-state index contributed by atoms with van der Waals surface area (Å²) >= 11 is 6.47. The molecule has 0 saturated heterocycles. The van der Waals surface area contributed by atoms with Gasteiger partial charge in [0.25, 0.3) is 0 Å². The van der Waals surface area contributed by atoms with Crippen molar-refractivity contribution in [2.75, 3.05) is 5.33 Å². The summed E-state index contributed by atoms with van der Waals surface area (Å²) in [4.78, 5) is 11.5. The highest BCUT2D eigenvalue weighted by Gasteiger charge is 2.16. The maximum absolute atomic E-state index is 11.5. The molecule has 0 spiro atoms. The van der Waals surface area contributed by atoms with Crippen LogP contribution < -0.4 is 0 Å². The number of carbonyl (C=O) groups is 1. The highest BCUT2D eigenvalue weighted by Crippen LogP contribution is 2.31. The summed E-state index contributed by atoms with van der Waals surface area (Å²) in [6.45, 7) is 7.69. The van der Waals surface area contributed by atoms with E-state index in [1.165, 1.54) is 0 Å². The number of phenols is 1. The third-order valence-corrected chi connectivity index (χ3v) is 3.79. The van der Waals surface area contributed by atoms with Crippen LogP contribution in [-0.2, 0) is 0 Å². The van der Waals surface area contributed by atoms with Crippen molar-refractivity contribution in [1.82, 2.24) is 0 Å². The molecule has 90 valence electrons. The van der Waals surface area contributed by atoms with Gasteiger partial charge < -0.3 is 5.11 Å². The molecule has 0 bridgehead atoms. The molecule has 0 aromatic heterocycles. The Bertz CT molecular complexity index is 387. The molecule has 1 rings (SSSR count). The summed E-state index contributed by atoms with van der Waals surface area (Å²) in [5, 5.41) is 9.85. The molecule has 0 aliphatic rings. The highest BCUT2D eigenvalue weighted by atomic mass is 79.9. The second kappa shape index (κ2) is 7.07. The Hall–Kier alpha value is -0.350. The summed E-state index contributed by atoms with van der Waals surface area (Å²) in [5.41, 5.74) is 2.09. The second-order valence-electron chi connectivity index (χ2n) is 3.08. The van der Waals surface area contributed by atoms with Gasteiger partial charge >= 0.3 is 0 Å². The van der Waals surface area contributed by atoms with Crippen molar-refractivity contribution >= 4 is 37.6 Å². The van der Waals surface area contributed by atoms with Crippen molar-refractivity contribution in [3.8, 4) is 5.75 Å². The number of rotatable bonds is 2. The molecule has 16 heavy (non-hydrogen) atoms. The second-order valence-corrected chi connectivity index (χ2v) is 4.44. The van der Waals surface area contributed by atoms with E-state index in [0.29, 0.717) is 5.56 Å². The molecule has 1 aromatic rings. The third kappa shape index (κ3) is 3.32. The van der Waals surface area contributed by atoms with Crippen LogP contribution in [0, 0.1) is 13.8 Å². The minimum absolute atomic E-state index is 0.0488. The zero-order valence-corrected chi connectivity index (χ0v) is 13.1. The Labute approximate surface area is 113 Å². The predicted molar refractivity (Wildman–Crippen MR) is 74.8 cm³/mol. The van der Waals surface area contributed by atoms with Gasteiger partial charge in [-0.3, -0.25) is 4.79 Å². The Balaban J connectivity index is 0.00000106. The van der Waals surface area contributed by atoms with Gasteiger partial charge in [0, 0.05) is 4.47 Å². The Morgan fingerprint density at radius 2 is 1.88 bits per heavy atom. The summed E-state index contributed by atoms with van der Waals surface area (Å²) in [6, 6.07) is 1.59. The van der Waals surface area contributed by atoms with Crippen LogP contribution in [0.4, 0.5) is 0 Å². The molecular weight excluding hydrogens is 336 g/mol. The fourth-order valence-electron chi connectivity index (χ4n) is 1.36. The molecule has 0 amide bonds. The summed E-state index contributed by atoms with van der Waals surface area (Å²) in [6.07, 6.45) is 0. The SMILES string of the molecule is CC.Cc1cc(O)c(C(=O)CBr)c(C)c1Br. The molecule has 1 N–H and O–H groups in total. The quantitative estimate of drug-likeness (QED) is 0.634. The van der Waals surface area contributed by atoms with E-state index >= 15 is 0 Å². The number of aryl methyl sites for hydroxylation is 1. The van der Waals surface area contributed by atoms with Crippen LogP contribution in [0.3, 0.4) is 0 Å². The average molecular weight is 352 g/mol. The molecule has 0 saturated carbocycles. The van der Waals surface area contributed by atoms with E-state index in [9.17, 15) is 9.90 Å². The Morgan fingerprint density at radius 3 is 2.31 bits per heavy atom. The first-order chi connectivity index (χ1) is 7.49. The molecule has 0 unspecified atom stereocenters. The average Bonchev–Trinajstić information content (AvgIpc) is 2.28. The lowest BCUT2D eigenvalue weighted by atomic mass is 10.0. The van der Waals surface area contributed by atoms with Gasteiger partial charge in [0.15, 0.2) is 5.78 Å². The molecule has 4 heteroatoms. The largest absolute Gasteiger partial charge is 0.507 e. The number of phenolic OH excluding ortho intramolecular Hbond substituents is 1. The summed E-state index contributed by atoms with van der Waals surface area (Å²) in [7, 11) is 0. The van der Waals surface area contributed by atoms with E-state index in [-0.39, 0.29) is 16.9 Å². The molecular formula is C12H16Br2O2. The van der Waals surface area contributed by atoms with Crippen LogP contribution >= 0.6 is 31.9 Å². The molecule has 0 radical (unpaired) electrons. The monoisotopic (exact) mass is 350 g/mol. The number of ketones is 1. The third-order valence-electron chi connectivity index (χ3n) is 2.06. The maximum atomic E-state index is 11.5. The lowest BCUT2D eigenvalue weighted by Crippen LogP contribution is -2.04. The topological polar surface area (TPSA) is 37.3 Å². The van der Waals surface area contributed by atoms with Crippen LogP contribution in [0.2, 0.25) is 0 Å². The van der Waals surface area contributed by atoms with E-state index in [0.717, 1.165) is 15.6 Å². The lowest BCUT2D eigenvalue weighted by molar-refractivity contribution is 0.102. The fraction of sp³-hybridized carbons (Fsp3) is 0.417. The van der Waals surface area contributed by atoms with E-state index in [1.54, 1.807) is 6.07 Å². The number of benzene rings is 1. The number of Topliss-reactive ketones (excluding diaryl/α,β-unsaturated/α-hetero) is 1. The zero-order chi connectivity index (χ0) is 12.9. The van der Waals surface area contributed by atoms with Crippen LogP contribution in [0.15, 0.2) is 10.5 Å². The van der Waals surface area contributed by atoms with Crippen molar-refractivity contribution in [1.29, 1.82) is 0 Å². The molecule has 1 aromatic carbocycles. The van der Waals surface area contributed by atoms with E-state index in [1.807, 2.05) is 27.7 Å². The summed E-state index contributed by atoms with van der Waals surface area (Å²) in [5.74, 6) is -0.0617. The van der Waals surface area contributed by atoms with Gasteiger partial charge in [-0.2, -0.15) is 0 Å². The number of carbonyl (C=O) groups excluding carboxylic acids is 1. The molecule has 0 aliphatic carbocycles. The maximum Gasteiger partial charge on any atom is 0.177 e. The Kier molecular flexibility index (Phi) is 6.91. The minimum atomic E-state index is -0.110. The van der Waals surface area contributed by atoms with Gasteiger partial charge in [-0.25, -0.2) is 0 Å². The van der Waals surface area contributed by atoms with Crippen LogP contribution in [0.5, 0.6) is 5.75 Å². The first-order valence-corrected chi connectivity index (χ1v) is 6.98. The van der Waals surface area contributed by atoms with Crippen LogP contribution in [0.25, 0.3) is 0 Å². The normalized spacial score (nSPS) is 9.38. The van der Waals surface area contributed by atoms with E-state index in [2.05, 4.69) is 31.9 Å². The first kappa shape index (κ1) is 15.7. The van der Waals surface area contributed by atoms with Crippen molar-refractivity contribution in [3.63, 3.8) is 0 Å². The van der Waals surface area contributed by atoms with Gasteiger partial charge in [0.05, 0.1) is 10.9 Å². The number of halogens is 2. The predicted octanol–water partition coefficient (Wildman–Crippen LogP) is 4.38. The van der Waals surface area contributed by atoms with Crippen molar-refractivity contribution in [2.24, 2.45) is 0 Å². The van der Waals surface area contributed by atoms with Crippen molar-refractivity contribution < 1.29 is 9.90 Å². The molecule has 0 atom stereocenters. The number of aromatic hydroxyl groups is 1. The lowest BCUT2D eigenvalue weighted by Gasteiger charge is -2.10. The zero-order valence-electron chi connectivity index (χ0n) is 9.90.